The normalized spacial score (nSPS) is 13.3. The SMILES string of the molecule is CCCCCCCC/C=C\CCCCCCCC(=O)N[C@H](C(=O)[O-])[C@@H](C)O.CCCCCCCC/C=C\CCCCCCCC(=O)N[C@H](C(=O)[O-])[C@@H](C)O.[Sr+2]. The monoisotopic (exact) mass is 852 g/mol. The van der Waals surface area contributed by atoms with E-state index in [-0.39, 0.29) is 70.1 Å². The van der Waals surface area contributed by atoms with Crippen LogP contribution in [-0.4, -0.2) is 104 Å². The molecule has 0 aliphatic rings. The first kappa shape index (κ1) is 58.1. The van der Waals surface area contributed by atoms with Crippen LogP contribution in [0.15, 0.2) is 24.3 Å². The van der Waals surface area contributed by atoms with E-state index in [0.29, 0.717) is 0 Å². The summed E-state index contributed by atoms with van der Waals surface area (Å²) in [4.78, 5) is 44.9. The third kappa shape index (κ3) is 42.2. The van der Waals surface area contributed by atoms with Gasteiger partial charge >= 0.3 is 45.5 Å². The first-order valence-electron chi connectivity index (χ1n) is 21.6. The summed E-state index contributed by atoms with van der Waals surface area (Å²) >= 11 is 0. The molecule has 0 aromatic rings. The molecule has 0 saturated carbocycles. The first-order valence-corrected chi connectivity index (χ1v) is 21.6. The number of carboxylic acid groups (broad SMARTS) is 2. The van der Waals surface area contributed by atoms with E-state index in [1.807, 2.05) is 0 Å². The summed E-state index contributed by atoms with van der Waals surface area (Å²) in [6.07, 6.45) is 38.4. The molecule has 0 spiro atoms. The Morgan fingerprint density at radius 1 is 0.455 bits per heavy atom. The number of rotatable bonds is 36. The van der Waals surface area contributed by atoms with Crippen molar-refractivity contribution < 1.29 is 39.6 Å². The Kier molecular flexibility index (Phi) is 46.3. The summed E-state index contributed by atoms with van der Waals surface area (Å²) in [5, 5.41) is 44.8. The van der Waals surface area contributed by atoms with Crippen molar-refractivity contribution in [3.05, 3.63) is 24.3 Å². The molecule has 4 atom stereocenters. The van der Waals surface area contributed by atoms with E-state index in [4.69, 9.17) is 0 Å². The van der Waals surface area contributed by atoms with Crippen molar-refractivity contribution in [1.82, 2.24) is 10.6 Å². The number of hydrogen-bond donors (Lipinski definition) is 4. The van der Waals surface area contributed by atoms with Crippen LogP contribution in [0.5, 0.6) is 0 Å². The molecule has 0 bridgehead atoms. The number of hydrogen-bond acceptors (Lipinski definition) is 8. The average Bonchev–Trinajstić information content (AvgIpc) is 3.12. The van der Waals surface area contributed by atoms with Crippen LogP contribution < -0.4 is 20.8 Å². The van der Waals surface area contributed by atoms with E-state index in [0.717, 1.165) is 64.2 Å². The Hall–Kier alpha value is -1.24. The smallest absolute Gasteiger partial charge is 0.548 e. The molecule has 0 saturated heterocycles. The molecular formula is C44H80N2O8Sr. The van der Waals surface area contributed by atoms with Gasteiger partial charge in [-0.05, 0) is 78.1 Å². The molecule has 0 aromatic carbocycles. The number of aliphatic hydroxyl groups excluding tert-OH is 2. The van der Waals surface area contributed by atoms with Gasteiger partial charge in [0, 0.05) is 12.8 Å². The van der Waals surface area contributed by atoms with Crippen molar-refractivity contribution >= 4 is 69.2 Å². The summed E-state index contributed by atoms with van der Waals surface area (Å²) in [5.41, 5.74) is 0. The number of allylic oxidation sites excluding steroid dienone is 4. The maximum Gasteiger partial charge on any atom is 2.00 e. The van der Waals surface area contributed by atoms with Crippen molar-refractivity contribution in [1.29, 1.82) is 0 Å². The minimum atomic E-state index is -1.46. The number of nitrogens with one attached hydrogen (secondary N) is 2. The van der Waals surface area contributed by atoms with Gasteiger partial charge in [-0.1, -0.05) is 141 Å². The maximum absolute atomic E-state index is 11.7. The van der Waals surface area contributed by atoms with Gasteiger partial charge in [0.05, 0.1) is 36.2 Å². The zero-order valence-electron chi connectivity index (χ0n) is 35.5. The molecule has 0 aliphatic heterocycles. The van der Waals surface area contributed by atoms with Crippen LogP contribution in [-0.2, 0) is 19.2 Å². The number of unbranched alkanes of at least 4 members (excludes halogenated alkanes) is 22. The van der Waals surface area contributed by atoms with E-state index in [1.165, 1.54) is 117 Å². The van der Waals surface area contributed by atoms with Crippen LogP contribution in [0.25, 0.3) is 0 Å². The number of amides is 2. The van der Waals surface area contributed by atoms with Gasteiger partial charge in [-0.2, -0.15) is 0 Å². The van der Waals surface area contributed by atoms with Gasteiger partial charge < -0.3 is 40.6 Å². The summed E-state index contributed by atoms with van der Waals surface area (Å²) in [5.74, 6) is -3.60. The third-order valence-electron chi connectivity index (χ3n) is 9.44. The molecular weight excluding hydrogens is 772 g/mol. The molecule has 0 aromatic heterocycles. The van der Waals surface area contributed by atoms with Gasteiger partial charge in [-0.15, -0.1) is 0 Å². The molecule has 55 heavy (non-hydrogen) atoms. The molecule has 11 heteroatoms. The third-order valence-corrected chi connectivity index (χ3v) is 9.44. The predicted molar refractivity (Wildman–Crippen MR) is 222 cm³/mol. The van der Waals surface area contributed by atoms with Crippen LogP contribution in [0.4, 0.5) is 0 Å². The Bertz CT molecular complexity index is 897. The molecule has 0 fully saturated rings. The average molecular weight is 853 g/mol. The van der Waals surface area contributed by atoms with Crippen LogP contribution in [0, 0.1) is 0 Å². The van der Waals surface area contributed by atoms with Crippen molar-refractivity contribution in [3.8, 4) is 0 Å². The van der Waals surface area contributed by atoms with Crippen LogP contribution in [0.3, 0.4) is 0 Å². The molecule has 2 amide bonds. The van der Waals surface area contributed by atoms with E-state index in [9.17, 15) is 39.6 Å². The summed E-state index contributed by atoms with van der Waals surface area (Å²) in [6, 6.07) is -2.67. The molecule has 0 unspecified atom stereocenters. The van der Waals surface area contributed by atoms with Crippen molar-refractivity contribution in [3.63, 3.8) is 0 Å². The van der Waals surface area contributed by atoms with E-state index < -0.39 is 36.2 Å². The number of carbonyl (C=O) groups excluding carboxylic acids is 4. The quantitative estimate of drug-likeness (QED) is 0.0299. The molecule has 10 nitrogen and oxygen atoms in total. The fourth-order valence-corrected chi connectivity index (χ4v) is 5.96. The summed E-state index contributed by atoms with van der Waals surface area (Å²) in [6.45, 7) is 7.13. The number of aliphatic carboxylic acids is 2. The largest absolute Gasteiger partial charge is 2.00 e. The van der Waals surface area contributed by atoms with Gasteiger partial charge in [0.25, 0.3) is 0 Å². The van der Waals surface area contributed by atoms with Crippen LogP contribution in [0.2, 0.25) is 0 Å². The standard InChI is InChI=1S/2C22H41NO4.Sr/c2*1-3-4-5-6-7-8-9-10-11-12-13-14-15-16-17-18-20(25)23-21(19(2)24)22(26)27;/h2*10-11,19,21,24H,3-9,12-18H2,1-2H3,(H,23,25)(H,26,27);/q;;+2/p-2/b2*11-10-;/t2*19-,21+;/m11./s1. The number of carbonyl (C=O) groups is 4. The minimum absolute atomic E-state index is 0. The predicted octanol–water partition coefficient (Wildman–Crippen LogP) is 6.90. The van der Waals surface area contributed by atoms with E-state index in [1.54, 1.807) is 0 Å². The maximum atomic E-state index is 11.7. The molecule has 0 rings (SSSR count). The second-order valence-electron chi connectivity index (χ2n) is 14.9. The summed E-state index contributed by atoms with van der Waals surface area (Å²) < 4.78 is 0. The van der Waals surface area contributed by atoms with Gasteiger partial charge in [-0.25, -0.2) is 0 Å². The Balaban J connectivity index is -0.000000966. The molecule has 0 heterocycles. The van der Waals surface area contributed by atoms with Gasteiger partial charge in [0.1, 0.15) is 0 Å². The fourth-order valence-electron chi connectivity index (χ4n) is 5.96. The van der Waals surface area contributed by atoms with E-state index >= 15 is 0 Å². The zero-order chi connectivity index (χ0) is 40.7. The Morgan fingerprint density at radius 3 is 0.927 bits per heavy atom. The topological polar surface area (TPSA) is 179 Å². The van der Waals surface area contributed by atoms with E-state index in [2.05, 4.69) is 48.8 Å². The van der Waals surface area contributed by atoms with Gasteiger partial charge in [0.15, 0.2) is 0 Å². The number of carboxylic acids is 2. The number of aliphatic hydroxyl groups is 2. The second-order valence-corrected chi connectivity index (χ2v) is 14.9. The van der Waals surface area contributed by atoms with Gasteiger partial charge in [-0.3, -0.25) is 9.59 Å². The fraction of sp³-hybridized carbons (Fsp3) is 0.818. The second kappa shape index (κ2) is 43.9. The minimum Gasteiger partial charge on any atom is -0.548 e. The molecule has 4 N–H and O–H groups in total. The summed E-state index contributed by atoms with van der Waals surface area (Å²) in [7, 11) is 0. The first-order chi connectivity index (χ1) is 26.0. The van der Waals surface area contributed by atoms with Gasteiger partial charge in [0.2, 0.25) is 11.8 Å². The van der Waals surface area contributed by atoms with Crippen molar-refractivity contribution in [2.24, 2.45) is 0 Å². The Labute approximate surface area is 372 Å². The molecule has 0 aliphatic carbocycles. The Morgan fingerprint density at radius 2 is 0.691 bits per heavy atom. The van der Waals surface area contributed by atoms with Crippen LogP contribution in [0.1, 0.15) is 207 Å². The van der Waals surface area contributed by atoms with Crippen molar-refractivity contribution in [2.75, 3.05) is 0 Å². The molecule has 0 radical (unpaired) electrons. The molecule has 316 valence electrons. The zero-order valence-corrected chi connectivity index (χ0v) is 38.9. The van der Waals surface area contributed by atoms with Crippen LogP contribution >= 0.6 is 0 Å². The van der Waals surface area contributed by atoms with Crippen molar-refractivity contribution in [2.45, 2.75) is 232 Å².